The molecule has 0 saturated carbocycles. The fourth-order valence-corrected chi connectivity index (χ4v) is 6.98. The van der Waals surface area contributed by atoms with Crippen LogP contribution in [0.4, 0.5) is 37.9 Å². The molecule has 5 heterocycles. The van der Waals surface area contributed by atoms with Crippen LogP contribution < -0.4 is 29.7 Å². The minimum atomic E-state index is -4.80. The molecule has 3 aliphatic heterocycles. The van der Waals surface area contributed by atoms with Crippen molar-refractivity contribution < 1.29 is 50.5 Å². The number of amides is 2. The topological polar surface area (TPSA) is 137 Å². The van der Waals surface area contributed by atoms with Gasteiger partial charge in [0.1, 0.15) is 11.3 Å². The van der Waals surface area contributed by atoms with Crippen molar-refractivity contribution in [1.82, 2.24) is 15.2 Å². The zero-order valence-corrected chi connectivity index (χ0v) is 25.7. The van der Waals surface area contributed by atoms with Crippen molar-refractivity contribution in [2.75, 3.05) is 35.9 Å². The van der Waals surface area contributed by atoms with Crippen molar-refractivity contribution in [3.8, 4) is 17.2 Å². The van der Waals surface area contributed by atoms with Crippen LogP contribution in [0, 0.1) is 0 Å². The van der Waals surface area contributed by atoms with Crippen molar-refractivity contribution >= 4 is 60.7 Å². The van der Waals surface area contributed by atoms with E-state index in [9.17, 15) is 31.5 Å². The number of carbonyl (C=O) groups excluding carboxylic acids is 2. The van der Waals surface area contributed by atoms with Crippen LogP contribution in [-0.2, 0) is 10.9 Å². The molecule has 12 nitrogen and oxygen atoms in total. The van der Waals surface area contributed by atoms with Crippen LogP contribution in [0.5, 0.6) is 17.2 Å². The average Bonchev–Trinajstić information content (AvgIpc) is 3.73. The summed E-state index contributed by atoms with van der Waals surface area (Å²) >= 11 is 1.31. The summed E-state index contributed by atoms with van der Waals surface area (Å²) in [4.78, 5) is 33.8. The number of hydrogen-bond donors (Lipinski definition) is 2. The fraction of sp³-hybridized carbons (Fsp3) is 0.370. The molecule has 2 unspecified atom stereocenters. The molecule has 4 aromatic rings. The van der Waals surface area contributed by atoms with Crippen LogP contribution in [0.25, 0.3) is 10.2 Å². The van der Waals surface area contributed by atoms with Crippen molar-refractivity contribution in [2.45, 2.75) is 44.8 Å². The molecule has 2 bridgehead atoms. The second-order valence-electron chi connectivity index (χ2n) is 9.81. The molecular weight excluding hydrogens is 663 g/mol. The monoisotopic (exact) mass is 686 g/mol. The number of nitrogens with one attached hydrogen (secondary N) is 2. The lowest BCUT2D eigenvalue weighted by molar-refractivity contribution is -0.286. The van der Waals surface area contributed by atoms with Crippen molar-refractivity contribution in [2.24, 2.45) is 0 Å². The standard InChI is InChI=1S/C25H17F5N6O6S2.C2H6/c1-39-14-3-2-12-18(43-23(32-12)36-9-4-10(36)8-40-7-9)17(14)20(38)31-13-6-16-15(41-25(29,30)42-16)5-11(13)19(37)33-22-35-34-21(44-22)24(26,27)28;1-2/h2-3,5-6,9-10H,4,7-8H2,1H3,(H,31,38)(H,33,35,37);1-2H3. The molecule has 2 saturated heterocycles. The van der Waals surface area contributed by atoms with Crippen LogP contribution in [0.3, 0.4) is 0 Å². The summed E-state index contributed by atoms with van der Waals surface area (Å²) in [7, 11) is 1.36. The Hall–Kier alpha value is -4.36. The summed E-state index contributed by atoms with van der Waals surface area (Å²) in [5.41, 5.74) is -0.191. The number of rotatable bonds is 6. The number of anilines is 3. The van der Waals surface area contributed by atoms with Gasteiger partial charge < -0.3 is 29.2 Å². The SMILES string of the molecule is CC.COc1ccc2nc(N3C4COCC3C4)sc2c1C(=O)Nc1cc2c(cc1C(=O)Nc1nnc(C(F)(F)F)s1)OC(F)(F)O2. The molecule has 3 aliphatic rings. The lowest BCUT2D eigenvalue weighted by Crippen LogP contribution is -2.64. The highest BCUT2D eigenvalue weighted by atomic mass is 32.1. The Balaban J connectivity index is 0.00000182. The van der Waals surface area contributed by atoms with Gasteiger partial charge in [0, 0.05) is 6.07 Å². The molecule has 2 atom stereocenters. The first-order valence-electron chi connectivity index (χ1n) is 13.7. The Bertz CT molecular complexity index is 1820. The van der Waals surface area contributed by atoms with Gasteiger partial charge in [0.05, 0.1) is 53.9 Å². The van der Waals surface area contributed by atoms with E-state index in [2.05, 4.69) is 35.2 Å². The van der Waals surface area contributed by atoms with Gasteiger partial charge in [0.15, 0.2) is 16.6 Å². The lowest BCUT2D eigenvalue weighted by Gasteiger charge is -2.52. The Morgan fingerprint density at radius 2 is 1.72 bits per heavy atom. The maximum absolute atomic E-state index is 13.9. The Morgan fingerprint density at radius 1 is 1.02 bits per heavy atom. The molecule has 2 fully saturated rings. The number of carbonyl (C=O) groups is 2. The number of ether oxygens (including phenoxy) is 4. The van der Waals surface area contributed by atoms with Crippen molar-refractivity contribution in [3.05, 3.63) is 40.4 Å². The summed E-state index contributed by atoms with van der Waals surface area (Å²) in [6.45, 7) is 5.12. The molecule has 46 heavy (non-hydrogen) atoms. The van der Waals surface area contributed by atoms with Gasteiger partial charge in [0.2, 0.25) is 10.1 Å². The highest BCUT2D eigenvalue weighted by Crippen LogP contribution is 2.46. The number of alkyl halides is 5. The number of morpholine rings is 1. The van der Waals surface area contributed by atoms with E-state index in [0.717, 1.165) is 18.6 Å². The molecule has 7 rings (SSSR count). The zero-order valence-electron chi connectivity index (χ0n) is 24.0. The van der Waals surface area contributed by atoms with E-state index in [1.807, 2.05) is 13.8 Å². The van der Waals surface area contributed by atoms with E-state index in [-0.39, 0.29) is 40.4 Å². The first-order valence-corrected chi connectivity index (χ1v) is 15.3. The number of hydrogen-bond acceptors (Lipinski definition) is 12. The molecule has 0 spiro atoms. The highest BCUT2D eigenvalue weighted by Gasteiger charge is 2.45. The van der Waals surface area contributed by atoms with Crippen LogP contribution in [0.1, 0.15) is 46.0 Å². The van der Waals surface area contributed by atoms with E-state index in [0.29, 0.717) is 28.6 Å². The molecule has 0 radical (unpaired) electrons. The van der Waals surface area contributed by atoms with E-state index in [4.69, 9.17) is 14.5 Å². The maximum atomic E-state index is 13.9. The number of benzene rings is 2. The van der Waals surface area contributed by atoms with Crippen LogP contribution in [-0.4, -0.2) is 65.7 Å². The number of methoxy groups -OCH3 is 1. The summed E-state index contributed by atoms with van der Waals surface area (Å²) in [5, 5.41) is 9.82. The van der Waals surface area contributed by atoms with Crippen LogP contribution >= 0.6 is 22.7 Å². The van der Waals surface area contributed by atoms with E-state index < -0.39 is 51.5 Å². The molecule has 2 amide bonds. The normalized spacial score (nSPS) is 19.2. The number of nitrogens with zero attached hydrogens (tertiary/aromatic N) is 4. The highest BCUT2D eigenvalue weighted by molar-refractivity contribution is 7.22. The third kappa shape index (κ3) is 5.73. The van der Waals surface area contributed by atoms with Crippen molar-refractivity contribution in [3.63, 3.8) is 0 Å². The molecule has 0 aliphatic carbocycles. The van der Waals surface area contributed by atoms with Gasteiger partial charge in [0.25, 0.3) is 11.8 Å². The van der Waals surface area contributed by atoms with Gasteiger partial charge in [-0.25, -0.2) is 4.98 Å². The molecule has 244 valence electrons. The minimum Gasteiger partial charge on any atom is -0.496 e. The van der Waals surface area contributed by atoms with E-state index in [1.54, 1.807) is 12.1 Å². The predicted octanol–water partition coefficient (Wildman–Crippen LogP) is 6.01. The molecule has 2 aromatic heterocycles. The summed E-state index contributed by atoms with van der Waals surface area (Å²) < 4.78 is 87.0. The zero-order chi connectivity index (χ0) is 33.0. The quantitative estimate of drug-likeness (QED) is 0.232. The summed E-state index contributed by atoms with van der Waals surface area (Å²) in [6.07, 6.45) is -7.90. The maximum Gasteiger partial charge on any atom is 0.586 e. The number of thiazole rings is 1. The molecule has 2 aromatic carbocycles. The third-order valence-corrected chi connectivity index (χ3v) is 9.04. The van der Waals surface area contributed by atoms with Gasteiger partial charge in [-0.3, -0.25) is 14.9 Å². The minimum absolute atomic E-state index is 0.0518. The second kappa shape index (κ2) is 11.8. The lowest BCUT2D eigenvalue weighted by atomic mass is 9.92. The summed E-state index contributed by atoms with van der Waals surface area (Å²) in [6, 6.07) is 5.37. The first kappa shape index (κ1) is 31.6. The van der Waals surface area contributed by atoms with Gasteiger partial charge >= 0.3 is 12.5 Å². The summed E-state index contributed by atoms with van der Waals surface area (Å²) in [5.74, 6) is -2.74. The second-order valence-corrected chi connectivity index (χ2v) is 11.8. The van der Waals surface area contributed by atoms with Crippen LogP contribution in [0.2, 0.25) is 0 Å². The van der Waals surface area contributed by atoms with Gasteiger partial charge in [-0.05, 0) is 24.6 Å². The van der Waals surface area contributed by atoms with Crippen LogP contribution in [0.15, 0.2) is 24.3 Å². The number of halogens is 5. The van der Waals surface area contributed by atoms with Gasteiger partial charge in [-0.15, -0.1) is 19.0 Å². The number of fused-ring (bicyclic) bond motifs is 4. The molecule has 19 heteroatoms. The Morgan fingerprint density at radius 3 is 2.35 bits per heavy atom. The van der Waals surface area contributed by atoms with Gasteiger partial charge in [-0.1, -0.05) is 36.5 Å². The molecular formula is C27H23F5N6O6S2. The first-order chi connectivity index (χ1) is 21.9. The molecule has 2 N–H and O–H groups in total. The van der Waals surface area contributed by atoms with Crippen molar-refractivity contribution in [1.29, 1.82) is 0 Å². The van der Waals surface area contributed by atoms with Gasteiger partial charge in [-0.2, -0.15) is 13.2 Å². The Labute approximate surface area is 264 Å². The largest absolute Gasteiger partial charge is 0.586 e. The third-order valence-electron chi connectivity index (χ3n) is 7.05. The van der Waals surface area contributed by atoms with E-state index in [1.165, 1.54) is 18.4 Å². The Kier molecular flexibility index (Phi) is 8.09. The van der Waals surface area contributed by atoms with E-state index >= 15 is 0 Å². The predicted molar refractivity (Wildman–Crippen MR) is 156 cm³/mol. The fourth-order valence-electron chi connectivity index (χ4n) is 5.13. The number of aromatic nitrogens is 3. The smallest absolute Gasteiger partial charge is 0.496 e. The average molecular weight is 687 g/mol.